The summed E-state index contributed by atoms with van der Waals surface area (Å²) in [4.78, 5) is 25.1. The molecule has 0 spiro atoms. The van der Waals surface area contributed by atoms with Gasteiger partial charge in [0.1, 0.15) is 18.4 Å². The number of nitrogens with one attached hydrogen (secondary N) is 3. The van der Waals surface area contributed by atoms with Crippen LogP contribution in [-0.2, 0) is 17.9 Å². The Morgan fingerprint density at radius 1 is 0.844 bits per heavy atom. The molecule has 0 heterocycles. The van der Waals surface area contributed by atoms with Crippen molar-refractivity contribution in [1.29, 1.82) is 0 Å². The van der Waals surface area contributed by atoms with Crippen molar-refractivity contribution in [2.24, 2.45) is 5.92 Å². The van der Waals surface area contributed by atoms with E-state index in [1.807, 2.05) is 86.6 Å². The number of hydrogen-bond acceptors (Lipinski definition) is 3. The minimum Gasteiger partial charge on any atom is -0.489 e. The molecule has 1 unspecified atom stereocenters. The summed E-state index contributed by atoms with van der Waals surface area (Å²) in [6.07, 6.45) is 0. The Morgan fingerprint density at radius 2 is 1.50 bits per heavy atom. The highest BCUT2D eigenvalue weighted by Gasteiger charge is 2.24. The number of carbonyl (C=O) groups is 2. The lowest BCUT2D eigenvalue weighted by molar-refractivity contribution is -0.124. The van der Waals surface area contributed by atoms with Crippen LogP contribution in [0.4, 0.5) is 10.5 Å². The minimum atomic E-state index is -0.650. The van der Waals surface area contributed by atoms with Gasteiger partial charge in [-0.25, -0.2) is 4.79 Å². The third-order valence-electron chi connectivity index (χ3n) is 4.87. The fourth-order valence-electron chi connectivity index (χ4n) is 3.18. The molecule has 0 aromatic heterocycles. The maximum absolute atomic E-state index is 12.8. The Morgan fingerprint density at radius 3 is 2.19 bits per heavy atom. The fourth-order valence-corrected chi connectivity index (χ4v) is 3.18. The molecule has 0 aliphatic carbocycles. The van der Waals surface area contributed by atoms with Crippen LogP contribution in [0.15, 0.2) is 84.9 Å². The maximum atomic E-state index is 12.8. The van der Waals surface area contributed by atoms with E-state index in [0.29, 0.717) is 18.8 Å². The molecule has 3 amide bonds. The Hall–Kier alpha value is -3.80. The normalized spacial score (nSPS) is 11.5. The smallest absolute Gasteiger partial charge is 0.319 e. The average Bonchev–Trinajstić information content (AvgIpc) is 2.81. The molecule has 6 heteroatoms. The van der Waals surface area contributed by atoms with Crippen LogP contribution in [0.1, 0.15) is 25.0 Å². The number of anilines is 1. The van der Waals surface area contributed by atoms with E-state index >= 15 is 0 Å². The van der Waals surface area contributed by atoms with Gasteiger partial charge in [-0.1, -0.05) is 74.5 Å². The number of carbonyl (C=O) groups excluding carboxylic acids is 2. The number of rotatable bonds is 9. The van der Waals surface area contributed by atoms with Crippen LogP contribution in [-0.4, -0.2) is 18.0 Å². The molecule has 0 radical (unpaired) electrons. The molecule has 0 fully saturated rings. The summed E-state index contributed by atoms with van der Waals surface area (Å²) in [6.45, 7) is 4.61. The van der Waals surface area contributed by atoms with Gasteiger partial charge in [0.05, 0.1) is 0 Å². The summed E-state index contributed by atoms with van der Waals surface area (Å²) in [5, 5.41) is 8.44. The first-order valence-corrected chi connectivity index (χ1v) is 10.7. The average molecular weight is 432 g/mol. The fraction of sp³-hybridized carbons (Fsp3) is 0.231. The molecule has 0 aliphatic heterocycles. The van der Waals surface area contributed by atoms with Crippen molar-refractivity contribution in [2.75, 3.05) is 5.32 Å². The number of ether oxygens (including phenoxy) is 1. The van der Waals surface area contributed by atoms with Gasteiger partial charge in [0, 0.05) is 12.2 Å². The molecular formula is C26H29N3O3. The molecule has 0 bridgehead atoms. The van der Waals surface area contributed by atoms with Crippen molar-refractivity contribution in [3.05, 3.63) is 96.1 Å². The third-order valence-corrected chi connectivity index (χ3v) is 4.87. The van der Waals surface area contributed by atoms with Gasteiger partial charge in [-0.15, -0.1) is 0 Å². The quantitative estimate of drug-likeness (QED) is 0.458. The number of amides is 3. The summed E-state index contributed by atoms with van der Waals surface area (Å²) in [5.41, 5.74) is 2.65. The van der Waals surface area contributed by atoms with Gasteiger partial charge in [-0.2, -0.15) is 0 Å². The Kier molecular flexibility index (Phi) is 8.26. The van der Waals surface area contributed by atoms with Gasteiger partial charge in [0.2, 0.25) is 5.91 Å². The first kappa shape index (κ1) is 22.9. The highest BCUT2D eigenvalue weighted by Crippen LogP contribution is 2.13. The highest BCUT2D eigenvalue weighted by molar-refractivity contribution is 5.93. The van der Waals surface area contributed by atoms with E-state index in [4.69, 9.17) is 4.74 Å². The highest BCUT2D eigenvalue weighted by atomic mass is 16.5. The second-order valence-electron chi connectivity index (χ2n) is 7.83. The molecule has 166 valence electrons. The molecule has 6 nitrogen and oxygen atoms in total. The van der Waals surface area contributed by atoms with Gasteiger partial charge in [-0.3, -0.25) is 4.79 Å². The first-order valence-electron chi connectivity index (χ1n) is 10.7. The molecular weight excluding hydrogens is 402 g/mol. The molecule has 0 saturated heterocycles. The summed E-state index contributed by atoms with van der Waals surface area (Å²) in [7, 11) is 0. The van der Waals surface area contributed by atoms with Gasteiger partial charge in [0.25, 0.3) is 0 Å². The molecule has 1 atom stereocenters. The standard InChI is InChI=1S/C26H29N3O3/c1-19(2)24(29-26(31)28-22-12-5-3-6-13-22)25(30)27-17-20-10-9-11-21(16-20)18-32-23-14-7-4-8-15-23/h3-16,19,24H,17-18H2,1-2H3,(H,27,30)(H2,28,29,31). The summed E-state index contributed by atoms with van der Waals surface area (Å²) in [5.74, 6) is 0.516. The van der Waals surface area contributed by atoms with Gasteiger partial charge in [0.15, 0.2) is 0 Å². The van der Waals surface area contributed by atoms with Crippen molar-refractivity contribution >= 4 is 17.6 Å². The number of hydrogen-bond donors (Lipinski definition) is 3. The third kappa shape index (κ3) is 7.16. The van der Waals surface area contributed by atoms with Crippen LogP contribution in [0.2, 0.25) is 0 Å². The van der Waals surface area contributed by atoms with Crippen molar-refractivity contribution in [3.8, 4) is 5.75 Å². The van der Waals surface area contributed by atoms with Gasteiger partial charge < -0.3 is 20.7 Å². The van der Waals surface area contributed by atoms with Crippen LogP contribution in [0.3, 0.4) is 0 Å². The molecule has 3 N–H and O–H groups in total. The predicted molar refractivity (Wildman–Crippen MR) is 126 cm³/mol. The second-order valence-corrected chi connectivity index (χ2v) is 7.83. The van der Waals surface area contributed by atoms with E-state index in [9.17, 15) is 9.59 Å². The Labute approximate surface area is 189 Å². The summed E-state index contributed by atoms with van der Waals surface area (Å²) in [6, 6.07) is 25.6. The lowest BCUT2D eigenvalue weighted by Crippen LogP contribution is -2.50. The van der Waals surface area contributed by atoms with Crippen molar-refractivity contribution in [3.63, 3.8) is 0 Å². The van der Waals surface area contributed by atoms with E-state index in [2.05, 4.69) is 16.0 Å². The summed E-state index contributed by atoms with van der Waals surface area (Å²) >= 11 is 0. The largest absolute Gasteiger partial charge is 0.489 e. The molecule has 3 aromatic rings. The first-order chi connectivity index (χ1) is 15.5. The van der Waals surface area contributed by atoms with E-state index < -0.39 is 12.1 Å². The topological polar surface area (TPSA) is 79.5 Å². The monoisotopic (exact) mass is 431 g/mol. The van der Waals surface area contributed by atoms with Gasteiger partial charge in [-0.05, 0) is 41.3 Å². The zero-order valence-corrected chi connectivity index (χ0v) is 18.4. The van der Waals surface area contributed by atoms with E-state index in [-0.39, 0.29) is 11.8 Å². The lowest BCUT2D eigenvalue weighted by atomic mass is 10.0. The van der Waals surface area contributed by atoms with E-state index in [1.165, 1.54) is 0 Å². The minimum absolute atomic E-state index is 0.0675. The molecule has 3 aromatic carbocycles. The zero-order valence-electron chi connectivity index (χ0n) is 18.4. The molecule has 3 rings (SSSR count). The molecule has 0 aliphatic rings. The summed E-state index contributed by atoms with van der Waals surface area (Å²) < 4.78 is 5.79. The maximum Gasteiger partial charge on any atom is 0.319 e. The van der Waals surface area contributed by atoms with Crippen LogP contribution >= 0.6 is 0 Å². The van der Waals surface area contributed by atoms with Crippen molar-refractivity contribution in [1.82, 2.24) is 10.6 Å². The van der Waals surface area contributed by atoms with Gasteiger partial charge >= 0.3 is 6.03 Å². The van der Waals surface area contributed by atoms with Crippen molar-refractivity contribution in [2.45, 2.75) is 33.0 Å². The van der Waals surface area contributed by atoms with Crippen LogP contribution in [0.25, 0.3) is 0 Å². The molecule has 32 heavy (non-hydrogen) atoms. The van der Waals surface area contributed by atoms with Crippen molar-refractivity contribution < 1.29 is 14.3 Å². The van der Waals surface area contributed by atoms with Crippen LogP contribution in [0.5, 0.6) is 5.75 Å². The zero-order chi connectivity index (χ0) is 22.8. The SMILES string of the molecule is CC(C)C(NC(=O)Nc1ccccc1)C(=O)NCc1cccc(COc2ccccc2)c1. The van der Waals surface area contributed by atoms with Crippen LogP contribution < -0.4 is 20.7 Å². The number of urea groups is 1. The Balaban J connectivity index is 1.52. The van der Waals surface area contributed by atoms with E-state index in [1.54, 1.807) is 12.1 Å². The Bertz CT molecular complexity index is 1010. The lowest BCUT2D eigenvalue weighted by Gasteiger charge is -2.22. The number of para-hydroxylation sites is 2. The number of benzene rings is 3. The van der Waals surface area contributed by atoms with Crippen LogP contribution in [0, 0.1) is 5.92 Å². The van der Waals surface area contributed by atoms with E-state index in [0.717, 1.165) is 16.9 Å². The predicted octanol–water partition coefficient (Wildman–Crippen LogP) is 4.73. The second kappa shape index (κ2) is 11.6. The molecule has 0 saturated carbocycles.